The molecule has 2 atom stereocenters. The van der Waals surface area contributed by atoms with Crippen molar-refractivity contribution in [1.29, 1.82) is 0 Å². The van der Waals surface area contributed by atoms with Gasteiger partial charge in [-0.3, -0.25) is 4.79 Å². The molecule has 106 valence electrons. The molecule has 0 N–H and O–H groups in total. The highest BCUT2D eigenvalue weighted by molar-refractivity contribution is 9.10. The van der Waals surface area contributed by atoms with Crippen LogP contribution < -0.4 is 0 Å². The molecule has 2 rings (SSSR count). The molecule has 1 heterocycles. The molecule has 1 aromatic rings. The van der Waals surface area contributed by atoms with Crippen molar-refractivity contribution in [3.05, 3.63) is 20.8 Å². The van der Waals surface area contributed by atoms with Crippen LogP contribution in [0.5, 0.6) is 0 Å². The summed E-state index contributed by atoms with van der Waals surface area (Å²) in [5, 5.41) is 1.92. The summed E-state index contributed by atoms with van der Waals surface area (Å²) in [7, 11) is 0. The summed E-state index contributed by atoms with van der Waals surface area (Å²) in [4.78, 5) is 12.8. The number of carbonyl (C=O) groups excluding carboxylic acids is 1. The van der Waals surface area contributed by atoms with Crippen LogP contribution in [0, 0.1) is 11.3 Å². The van der Waals surface area contributed by atoms with E-state index in [4.69, 9.17) is 4.74 Å². The van der Waals surface area contributed by atoms with E-state index >= 15 is 0 Å². The number of carbonyl (C=O) groups is 1. The maximum Gasteiger partial charge on any atom is 0.199 e. The van der Waals surface area contributed by atoms with Gasteiger partial charge in [0.15, 0.2) is 5.78 Å². The van der Waals surface area contributed by atoms with Crippen molar-refractivity contribution in [2.75, 3.05) is 6.61 Å². The summed E-state index contributed by atoms with van der Waals surface area (Å²) < 4.78 is 6.74. The van der Waals surface area contributed by atoms with E-state index in [0.29, 0.717) is 11.3 Å². The molecule has 2 unspecified atom stereocenters. The molecule has 19 heavy (non-hydrogen) atoms. The highest BCUT2D eigenvalue weighted by atomic mass is 79.9. The van der Waals surface area contributed by atoms with Gasteiger partial charge in [0, 0.05) is 4.47 Å². The summed E-state index contributed by atoms with van der Waals surface area (Å²) >= 11 is 4.86. The molecular weight excluding hydrogens is 324 g/mol. The van der Waals surface area contributed by atoms with Crippen molar-refractivity contribution in [1.82, 2.24) is 0 Å². The van der Waals surface area contributed by atoms with Gasteiger partial charge in [0.2, 0.25) is 0 Å². The van der Waals surface area contributed by atoms with Crippen molar-refractivity contribution in [2.45, 2.75) is 46.1 Å². The Morgan fingerprint density at radius 3 is 2.84 bits per heavy atom. The Morgan fingerprint density at radius 2 is 2.26 bits per heavy atom. The Labute approximate surface area is 127 Å². The number of hydrogen-bond acceptors (Lipinski definition) is 3. The molecule has 0 radical (unpaired) electrons. The topological polar surface area (TPSA) is 26.3 Å². The highest BCUT2D eigenvalue weighted by Crippen LogP contribution is 2.39. The second kappa shape index (κ2) is 6.06. The third kappa shape index (κ3) is 4.14. The van der Waals surface area contributed by atoms with Gasteiger partial charge in [-0.05, 0) is 58.0 Å². The molecule has 0 saturated heterocycles. The Bertz CT molecular complexity index is 453. The minimum absolute atomic E-state index is 0.0814. The molecule has 1 saturated carbocycles. The molecule has 0 bridgehead atoms. The fraction of sp³-hybridized carbons (Fsp3) is 0.667. The largest absolute Gasteiger partial charge is 0.370 e. The standard InChI is InChI=1S/C15H21BrO2S/c1-10-6-11(8-15(2,3)7-10)18-9-13(17)14-12(16)4-5-19-14/h4-5,10-11H,6-9H2,1-3H3. The summed E-state index contributed by atoms with van der Waals surface area (Å²) in [6, 6.07) is 1.91. The molecule has 1 aliphatic carbocycles. The Hall–Kier alpha value is -0.190. The van der Waals surface area contributed by atoms with Gasteiger partial charge in [-0.1, -0.05) is 20.8 Å². The zero-order chi connectivity index (χ0) is 14.0. The Kier molecular flexibility index (Phi) is 4.85. The Morgan fingerprint density at radius 1 is 1.53 bits per heavy atom. The van der Waals surface area contributed by atoms with Crippen LogP contribution in [0.3, 0.4) is 0 Å². The van der Waals surface area contributed by atoms with Crippen LogP contribution in [-0.2, 0) is 4.74 Å². The van der Waals surface area contributed by atoms with Crippen LogP contribution in [0.25, 0.3) is 0 Å². The summed E-state index contributed by atoms with van der Waals surface area (Å²) in [5.74, 6) is 0.759. The van der Waals surface area contributed by atoms with E-state index in [9.17, 15) is 4.79 Å². The predicted octanol–water partition coefficient (Wildman–Crippen LogP) is 4.92. The molecule has 4 heteroatoms. The predicted molar refractivity (Wildman–Crippen MR) is 82.9 cm³/mol. The van der Waals surface area contributed by atoms with Gasteiger partial charge in [-0.25, -0.2) is 0 Å². The van der Waals surface area contributed by atoms with Gasteiger partial charge >= 0.3 is 0 Å². The van der Waals surface area contributed by atoms with E-state index in [0.717, 1.165) is 22.2 Å². The van der Waals surface area contributed by atoms with Crippen molar-refractivity contribution >= 4 is 33.0 Å². The molecule has 0 aliphatic heterocycles. The van der Waals surface area contributed by atoms with Gasteiger partial charge < -0.3 is 4.74 Å². The van der Waals surface area contributed by atoms with Crippen LogP contribution >= 0.6 is 27.3 Å². The zero-order valence-electron chi connectivity index (χ0n) is 11.7. The lowest BCUT2D eigenvalue weighted by atomic mass is 9.71. The SMILES string of the molecule is CC1CC(OCC(=O)c2sccc2Br)CC(C)(C)C1. The molecule has 0 spiro atoms. The van der Waals surface area contributed by atoms with Crippen molar-refractivity contribution in [2.24, 2.45) is 11.3 Å². The van der Waals surface area contributed by atoms with E-state index < -0.39 is 0 Å². The van der Waals surface area contributed by atoms with E-state index in [1.807, 2.05) is 11.4 Å². The lowest BCUT2D eigenvalue weighted by Gasteiger charge is -2.38. The van der Waals surface area contributed by atoms with Gasteiger partial charge in [-0.15, -0.1) is 11.3 Å². The molecule has 0 aromatic carbocycles. The first-order valence-electron chi connectivity index (χ1n) is 6.75. The highest BCUT2D eigenvalue weighted by Gasteiger charge is 2.32. The average molecular weight is 345 g/mol. The number of halogens is 1. The van der Waals surface area contributed by atoms with Crippen LogP contribution in [-0.4, -0.2) is 18.5 Å². The minimum atomic E-state index is 0.0814. The summed E-state index contributed by atoms with van der Waals surface area (Å²) in [6.07, 6.45) is 3.59. The van der Waals surface area contributed by atoms with Gasteiger partial charge in [0.1, 0.15) is 6.61 Å². The molecule has 2 nitrogen and oxygen atoms in total. The van der Waals surface area contributed by atoms with Crippen molar-refractivity contribution < 1.29 is 9.53 Å². The number of Topliss-reactive ketones (excluding diaryl/α,β-unsaturated/α-hetero) is 1. The number of thiophene rings is 1. The molecule has 0 amide bonds. The lowest BCUT2D eigenvalue weighted by molar-refractivity contribution is -0.0166. The van der Waals surface area contributed by atoms with Gasteiger partial charge in [0.05, 0.1) is 11.0 Å². The molecule has 1 fully saturated rings. The van der Waals surface area contributed by atoms with E-state index in [1.165, 1.54) is 17.8 Å². The number of ether oxygens (including phenoxy) is 1. The maximum atomic E-state index is 12.1. The van der Waals surface area contributed by atoms with Crippen LogP contribution in [0.1, 0.15) is 49.7 Å². The minimum Gasteiger partial charge on any atom is -0.370 e. The average Bonchev–Trinajstić information content (AvgIpc) is 2.69. The smallest absolute Gasteiger partial charge is 0.199 e. The monoisotopic (exact) mass is 344 g/mol. The second-order valence-electron chi connectivity index (χ2n) is 6.37. The first-order chi connectivity index (χ1) is 8.87. The lowest BCUT2D eigenvalue weighted by Crippen LogP contribution is -2.33. The fourth-order valence-electron chi connectivity index (χ4n) is 3.14. The number of rotatable bonds is 4. The maximum absolute atomic E-state index is 12.1. The normalized spacial score (nSPS) is 26.3. The quantitative estimate of drug-likeness (QED) is 0.724. The van der Waals surface area contributed by atoms with Crippen LogP contribution in [0.15, 0.2) is 15.9 Å². The van der Waals surface area contributed by atoms with E-state index in [-0.39, 0.29) is 18.5 Å². The molecule has 1 aromatic heterocycles. The first kappa shape index (κ1) is 15.2. The number of hydrogen-bond donors (Lipinski definition) is 0. The summed E-state index contributed by atoms with van der Waals surface area (Å²) in [5.41, 5.74) is 0.328. The van der Waals surface area contributed by atoms with E-state index in [2.05, 4.69) is 36.7 Å². The van der Waals surface area contributed by atoms with Gasteiger partial charge in [0.25, 0.3) is 0 Å². The van der Waals surface area contributed by atoms with Crippen molar-refractivity contribution in [3.8, 4) is 0 Å². The van der Waals surface area contributed by atoms with Crippen molar-refractivity contribution in [3.63, 3.8) is 0 Å². The molecular formula is C15H21BrO2S. The van der Waals surface area contributed by atoms with Crippen LogP contribution in [0.4, 0.5) is 0 Å². The van der Waals surface area contributed by atoms with Gasteiger partial charge in [-0.2, -0.15) is 0 Å². The zero-order valence-corrected chi connectivity index (χ0v) is 14.1. The van der Waals surface area contributed by atoms with Crippen LogP contribution in [0.2, 0.25) is 0 Å². The first-order valence-corrected chi connectivity index (χ1v) is 8.42. The summed E-state index contributed by atoms with van der Waals surface area (Å²) in [6.45, 7) is 7.05. The third-order valence-corrected chi connectivity index (χ3v) is 5.55. The number of ketones is 1. The molecule has 1 aliphatic rings. The third-order valence-electron chi connectivity index (χ3n) is 3.67. The fourth-order valence-corrected chi connectivity index (χ4v) is 4.66. The Balaban J connectivity index is 1.89. The van der Waals surface area contributed by atoms with E-state index in [1.54, 1.807) is 0 Å². The second-order valence-corrected chi connectivity index (χ2v) is 8.14.